The minimum absolute atomic E-state index is 0.0326. The zero-order valence-electron chi connectivity index (χ0n) is 23.3. The molecule has 6 heteroatoms. The van der Waals surface area contributed by atoms with E-state index in [1.54, 1.807) is 0 Å². The molecule has 0 aromatic carbocycles. The molecule has 2 aliphatic heterocycles. The molecule has 2 atom stereocenters. The maximum absolute atomic E-state index is 12.5. The number of imide groups is 1. The Labute approximate surface area is 213 Å². The van der Waals surface area contributed by atoms with Crippen LogP contribution in [-0.2, 0) is 19.2 Å². The monoisotopic (exact) mass is 490 g/mol. The molecular weight excluding hydrogens is 440 g/mol. The second-order valence-corrected chi connectivity index (χ2v) is 13.0. The molecule has 0 spiro atoms. The van der Waals surface area contributed by atoms with E-state index < -0.39 is 0 Å². The van der Waals surface area contributed by atoms with Crippen LogP contribution >= 0.6 is 0 Å². The van der Waals surface area contributed by atoms with E-state index in [2.05, 4.69) is 20.8 Å². The van der Waals surface area contributed by atoms with Crippen molar-refractivity contribution in [1.29, 1.82) is 0 Å². The van der Waals surface area contributed by atoms with Gasteiger partial charge in [0.15, 0.2) is 0 Å². The quantitative estimate of drug-likeness (QED) is 0.242. The zero-order chi connectivity index (χ0) is 26.2. The van der Waals surface area contributed by atoms with Crippen molar-refractivity contribution in [3.63, 3.8) is 0 Å². The van der Waals surface area contributed by atoms with Crippen molar-refractivity contribution in [3.05, 3.63) is 0 Å². The van der Waals surface area contributed by atoms with Gasteiger partial charge in [0, 0.05) is 45.3 Å². The van der Waals surface area contributed by atoms with Gasteiger partial charge in [-0.05, 0) is 48.9 Å². The molecule has 0 saturated carbocycles. The normalized spacial score (nSPS) is 21.3. The highest BCUT2D eigenvalue weighted by Crippen LogP contribution is 2.36. The number of rotatable bonds is 13. The van der Waals surface area contributed by atoms with Crippen LogP contribution < -0.4 is 0 Å². The van der Waals surface area contributed by atoms with Gasteiger partial charge >= 0.3 is 0 Å². The fraction of sp³-hybridized carbons (Fsp3) is 0.862. The Balaban J connectivity index is 1.47. The summed E-state index contributed by atoms with van der Waals surface area (Å²) in [6.07, 6.45) is 9.51. The average Bonchev–Trinajstić information content (AvgIpc) is 3.36. The summed E-state index contributed by atoms with van der Waals surface area (Å²) >= 11 is 0. The summed E-state index contributed by atoms with van der Waals surface area (Å²) in [6, 6.07) is 0. The molecule has 0 aromatic rings. The number of carbonyl (C=O) groups excluding carboxylic acids is 4. The first-order chi connectivity index (χ1) is 16.3. The van der Waals surface area contributed by atoms with Crippen molar-refractivity contribution in [2.24, 2.45) is 22.7 Å². The van der Waals surface area contributed by atoms with Crippen molar-refractivity contribution in [2.45, 2.75) is 119 Å². The fourth-order valence-electron chi connectivity index (χ4n) is 5.29. The maximum Gasteiger partial charge on any atom is 0.233 e. The Hall–Kier alpha value is -1.72. The van der Waals surface area contributed by atoms with Crippen LogP contribution in [0, 0.1) is 22.7 Å². The summed E-state index contributed by atoms with van der Waals surface area (Å²) in [6.45, 7) is 15.1. The van der Waals surface area contributed by atoms with Crippen LogP contribution in [0.25, 0.3) is 0 Å². The van der Waals surface area contributed by atoms with Gasteiger partial charge in [0.05, 0.1) is 5.92 Å². The van der Waals surface area contributed by atoms with Crippen LogP contribution in [0.5, 0.6) is 0 Å². The van der Waals surface area contributed by atoms with Gasteiger partial charge in [-0.1, -0.05) is 60.8 Å². The summed E-state index contributed by atoms with van der Waals surface area (Å²) in [5.41, 5.74) is 0.0797. The summed E-state index contributed by atoms with van der Waals surface area (Å²) in [4.78, 5) is 52.8. The standard InChI is InChI=1S/C29H50N2O4/c1-28(2,3)22-17-19-30(21-22)25(33)16-12-8-7-10-14-23(32)15-11-9-13-18-31-26(34)20-24(27(31)35)29(4,5)6/h22,24H,7-21H2,1-6H3. The number of likely N-dealkylation sites (tertiary alicyclic amines) is 2. The number of nitrogens with zero attached hydrogens (tertiary/aromatic N) is 2. The van der Waals surface area contributed by atoms with Gasteiger partial charge in [0.2, 0.25) is 17.7 Å². The number of ketones is 1. The summed E-state index contributed by atoms with van der Waals surface area (Å²) in [5, 5.41) is 0. The molecule has 35 heavy (non-hydrogen) atoms. The maximum atomic E-state index is 12.5. The Morgan fingerprint density at radius 2 is 1.37 bits per heavy atom. The molecule has 2 fully saturated rings. The number of Topliss-reactive ketones (excluding diaryl/α,β-unsaturated/α-hetero) is 1. The van der Waals surface area contributed by atoms with E-state index in [0.717, 1.165) is 64.5 Å². The van der Waals surface area contributed by atoms with Crippen LogP contribution in [0.15, 0.2) is 0 Å². The molecule has 0 radical (unpaired) electrons. The number of carbonyl (C=O) groups is 4. The van der Waals surface area contributed by atoms with Crippen molar-refractivity contribution >= 4 is 23.5 Å². The average molecular weight is 491 g/mol. The van der Waals surface area contributed by atoms with Crippen LogP contribution in [0.1, 0.15) is 119 Å². The van der Waals surface area contributed by atoms with E-state index in [-0.39, 0.29) is 28.6 Å². The molecule has 2 aliphatic rings. The minimum atomic E-state index is -0.212. The molecule has 6 nitrogen and oxygen atoms in total. The molecular formula is C29H50N2O4. The Kier molecular flexibility index (Phi) is 11.0. The van der Waals surface area contributed by atoms with E-state index >= 15 is 0 Å². The van der Waals surface area contributed by atoms with Gasteiger partial charge in [-0.25, -0.2) is 0 Å². The van der Waals surface area contributed by atoms with Crippen LogP contribution in [0.2, 0.25) is 0 Å². The van der Waals surface area contributed by atoms with E-state index in [9.17, 15) is 19.2 Å². The Morgan fingerprint density at radius 1 is 0.800 bits per heavy atom. The van der Waals surface area contributed by atoms with Crippen LogP contribution in [0.4, 0.5) is 0 Å². The number of hydrogen-bond donors (Lipinski definition) is 0. The lowest BCUT2D eigenvalue weighted by atomic mass is 9.80. The van der Waals surface area contributed by atoms with Crippen molar-refractivity contribution < 1.29 is 19.2 Å². The minimum Gasteiger partial charge on any atom is -0.342 e. The molecule has 200 valence electrons. The third-order valence-electron chi connectivity index (χ3n) is 7.99. The van der Waals surface area contributed by atoms with Gasteiger partial charge < -0.3 is 4.90 Å². The summed E-state index contributed by atoms with van der Waals surface area (Å²) in [5.74, 6) is 0.892. The van der Waals surface area contributed by atoms with Crippen LogP contribution in [-0.4, -0.2) is 52.9 Å². The largest absolute Gasteiger partial charge is 0.342 e. The second-order valence-electron chi connectivity index (χ2n) is 13.0. The first-order valence-electron chi connectivity index (χ1n) is 13.9. The first-order valence-corrected chi connectivity index (χ1v) is 13.9. The second kappa shape index (κ2) is 13.0. The smallest absolute Gasteiger partial charge is 0.233 e. The lowest BCUT2D eigenvalue weighted by Gasteiger charge is -2.27. The molecule has 2 unspecified atom stereocenters. The molecule has 0 N–H and O–H groups in total. The Morgan fingerprint density at radius 3 is 1.89 bits per heavy atom. The third-order valence-corrected chi connectivity index (χ3v) is 7.99. The molecule has 0 aliphatic carbocycles. The van der Waals surface area contributed by atoms with E-state index in [0.29, 0.717) is 49.8 Å². The summed E-state index contributed by atoms with van der Waals surface area (Å²) in [7, 11) is 0. The topological polar surface area (TPSA) is 74.8 Å². The summed E-state index contributed by atoms with van der Waals surface area (Å²) < 4.78 is 0. The highest BCUT2D eigenvalue weighted by Gasteiger charge is 2.44. The first kappa shape index (κ1) is 29.5. The number of unbranched alkanes of at least 4 members (excludes halogenated alkanes) is 5. The Bertz CT molecular complexity index is 747. The zero-order valence-corrected chi connectivity index (χ0v) is 23.3. The highest BCUT2D eigenvalue weighted by molar-refractivity contribution is 6.03. The van der Waals surface area contributed by atoms with Crippen LogP contribution in [0.3, 0.4) is 0 Å². The van der Waals surface area contributed by atoms with E-state index in [1.807, 2.05) is 25.7 Å². The van der Waals surface area contributed by atoms with Gasteiger partial charge in [-0.15, -0.1) is 0 Å². The number of hydrogen-bond acceptors (Lipinski definition) is 4. The highest BCUT2D eigenvalue weighted by atomic mass is 16.2. The molecule has 2 heterocycles. The van der Waals surface area contributed by atoms with Gasteiger partial charge in [-0.2, -0.15) is 0 Å². The third kappa shape index (κ3) is 9.34. The molecule has 0 bridgehead atoms. The predicted molar refractivity (Wildman–Crippen MR) is 140 cm³/mol. The lowest BCUT2D eigenvalue weighted by molar-refractivity contribution is -0.140. The fourth-order valence-corrected chi connectivity index (χ4v) is 5.29. The van der Waals surface area contributed by atoms with Gasteiger partial charge in [0.1, 0.15) is 5.78 Å². The van der Waals surface area contributed by atoms with Crippen molar-refractivity contribution in [1.82, 2.24) is 9.80 Å². The molecule has 0 aromatic heterocycles. The van der Waals surface area contributed by atoms with Gasteiger partial charge in [-0.3, -0.25) is 24.1 Å². The molecule has 2 saturated heterocycles. The van der Waals surface area contributed by atoms with Gasteiger partial charge in [0.25, 0.3) is 0 Å². The van der Waals surface area contributed by atoms with Crippen molar-refractivity contribution in [3.8, 4) is 0 Å². The number of amides is 3. The van der Waals surface area contributed by atoms with Crippen molar-refractivity contribution in [2.75, 3.05) is 19.6 Å². The lowest BCUT2D eigenvalue weighted by Crippen LogP contribution is -2.34. The molecule has 3 amide bonds. The van der Waals surface area contributed by atoms with E-state index in [4.69, 9.17) is 0 Å². The molecule has 2 rings (SSSR count). The SMILES string of the molecule is CC(C)(C)C1CCN(C(=O)CCCCCCC(=O)CCCCCN2C(=O)CC(C(C)(C)C)C2=O)C1. The van der Waals surface area contributed by atoms with E-state index in [1.165, 1.54) is 4.90 Å². The predicted octanol–water partition coefficient (Wildman–Crippen LogP) is 5.77.